The maximum Gasteiger partial charge on any atom is 0.311 e. The molecule has 1 aliphatic rings. The number of hydrogen-bond donors (Lipinski definition) is 1. The van der Waals surface area contributed by atoms with E-state index >= 15 is 0 Å². The largest absolute Gasteiger partial charge is 0.481 e. The molecule has 0 aliphatic carbocycles. The fourth-order valence-corrected chi connectivity index (χ4v) is 2.38. The summed E-state index contributed by atoms with van der Waals surface area (Å²) >= 11 is 5.68. The Labute approximate surface area is 124 Å². The van der Waals surface area contributed by atoms with Crippen LogP contribution in [0.5, 0.6) is 0 Å². The van der Waals surface area contributed by atoms with Crippen LogP contribution in [0.15, 0.2) is 12.3 Å². The first-order valence-corrected chi connectivity index (χ1v) is 6.45. The molecule has 0 aromatic carbocycles. The zero-order valence-electron chi connectivity index (χ0n) is 11.1. The van der Waals surface area contributed by atoms with E-state index in [2.05, 4.69) is 4.98 Å². The topological polar surface area (TPSA) is 114 Å². The number of carboxylic acid groups (broad SMARTS) is 1. The van der Waals surface area contributed by atoms with E-state index in [-0.39, 0.29) is 23.8 Å². The van der Waals surface area contributed by atoms with Crippen LogP contribution in [0.2, 0.25) is 5.15 Å². The van der Waals surface area contributed by atoms with Gasteiger partial charge in [0, 0.05) is 13.1 Å². The maximum atomic E-state index is 12.4. The molecular weight excluding hydrogens is 302 g/mol. The zero-order valence-corrected chi connectivity index (χ0v) is 11.8. The van der Waals surface area contributed by atoms with Crippen molar-refractivity contribution in [2.24, 2.45) is 5.41 Å². The summed E-state index contributed by atoms with van der Waals surface area (Å²) < 4.78 is 0. The molecule has 8 nitrogen and oxygen atoms in total. The van der Waals surface area contributed by atoms with Crippen molar-refractivity contribution < 1.29 is 19.6 Å². The number of carbonyl (C=O) groups is 2. The summed E-state index contributed by atoms with van der Waals surface area (Å²) in [5.41, 5.74) is -1.68. The number of nitro groups is 1. The second-order valence-corrected chi connectivity index (χ2v) is 5.51. The van der Waals surface area contributed by atoms with Crippen molar-refractivity contribution >= 4 is 29.2 Å². The number of pyridine rings is 1. The number of aliphatic carboxylic acids is 1. The van der Waals surface area contributed by atoms with Gasteiger partial charge in [-0.1, -0.05) is 11.6 Å². The Kier molecular flexibility index (Phi) is 3.82. The van der Waals surface area contributed by atoms with E-state index < -0.39 is 27.9 Å². The highest BCUT2D eigenvalue weighted by Gasteiger charge is 2.43. The minimum absolute atomic E-state index is 0.00172. The van der Waals surface area contributed by atoms with Gasteiger partial charge in [0.1, 0.15) is 16.9 Å². The zero-order chi connectivity index (χ0) is 15.8. The van der Waals surface area contributed by atoms with E-state index in [0.717, 1.165) is 12.3 Å². The second-order valence-electron chi connectivity index (χ2n) is 5.12. The van der Waals surface area contributed by atoms with Crippen molar-refractivity contribution in [2.75, 3.05) is 13.1 Å². The number of likely N-dealkylation sites (tertiary alicyclic amines) is 1. The number of carbonyl (C=O) groups excluding carboxylic acids is 1. The van der Waals surface area contributed by atoms with E-state index in [9.17, 15) is 19.7 Å². The van der Waals surface area contributed by atoms with Crippen LogP contribution in [0.1, 0.15) is 23.7 Å². The predicted molar refractivity (Wildman–Crippen MR) is 72.2 cm³/mol. The quantitative estimate of drug-likeness (QED) is 0.515. The Bertz CT molecular complexity index is 635. The summed E-state index contributed by atoms with van der Waals surface area (Å²) in [5.74, 6) is -1.61. The van der Waals surface area contributed by atoms with E-state index in [4.69, 9.17) is 16.7 Å². The minimum Gasteiger partial charge on any atom is -0.481 e. The van der Waals surface area contributed by atoms with Crippen molar-refractivity contribution in [3.63, 3.8) is 0 Å². The summed E-state index contributed by atoms with van der Waals surface area (Å²) in [6, 6.07) is 1.12. The van der Waals surface area contributed by atoms with E-state index in [0.29, 0.717) is 6.42 Å². The van der Waals surface area contributed by atoms with E-state index in [1.165, 1.54) is 11.8 Å². The molecule has 21 heavy (non-hydrogen) atoms. The molecule has 1 saturated heterocycles. The average molecular weight is 314 g/mol. The molecule has 1 aromatic heterocycles. The first-order valence-electron chi connectivity index (χ1n) is 6.07. The van der Waals surface area contributed by atoms with Gasteiger partial charge < -0.3 is 10.0 Å². The Balaban J connectivity index is 2.32. The number of hydrogen-bond acceptors (Lipinski definition) is 5. The average Bonchev–Trinajstić information content (AvgIpc) is 2.81. The highest BCUT2D eigenvalue weighted by Crippen LogP contribution is 2.32. The van der Waals surface area contributed by atoms with Crippen molar-refractivity contribution in [1.82, 2.24) is 9.88 Å². The number of nitrogens with zero attached hydrogens (tertiary/aromatic N) is 3. The lowest BCUT2D eigenvalue weighted by Crippen LogP contribution is -2.35. The fraction of sp³-hybridized carbons (Fsp3) is 0.417. The third-order valence-electron chi connectivity index (χ3n) is 3.55. The third kappa shape index (κ3) is 2.80. The first kappa shape index (κ1) is 15.2. The molecule has 1 N–H and O–H groups in total. The van der Waals surface area contributed by atoms with Gasteiger partial charge in [-0.3, -0.25) is 19.7 Å². The van der Waals surface area contributed by atoms with Gasteiger partial charge in [0.05, 0.1) is 10.3 Å². The minimum atomic E-state index is -1.04. The molecule has 1 atom stereocenters. The molecule has 2 rings (SSSR count). The molecule has 1 aromatic rings. The molecule has 0 saturated carbocycles. The van der Waals surface area contributed by atoms with Crippen molar-refractivity contribution in [3.05, 3.63) is 33.1 Å². The normalized spacial score (nSPS) is 21.3. The Morgan fingerprint density at radius 2 is 2.24 bits per heavy atom. The number of rotatable bonds is 3. The lowest BCUT2D eigenvalue weighted by Gasteiger charge is -2.20. The van der Waals surface area contributed by atoms with Crippen molar-refractivity contribution in [3.8, 4) is 0 Å². The van der Waals surface area contributed by atoms with E-state index in [1.54, 1.807) is 0 Å². The molecule has 9 heteroatoms. The third-order valence-corrected chi connectivity index (χ3v) is 3.76. The molecule has 1 unspecified atom stereocenters. The molecule has 0 radical (unpaired) electrons. The fourth-order valence-electron chi connectivity index (χ4n) is 2.22. The molecule has 0 bridgehead atoms. The van der Waals surface area contributed by atoms with Gasteiger partial charge in [-0.15, -0.1) is 0 Å². The predicted octanol–water partition coefficient (Wildman–Crippen LogP) is 1.58. The molecular formula is C12H12ClN3O5. The highest BCUT2D eigenvalue weighted by molar-refractivity contribution is 6.29. The molecule has 0 spiro atoms. The summed E-state index contributed by atoms with van der Waals surface area (Å²) in [4.78, 5) is 38.7. The first-order chi connectivity index (χ1) is 9.74. The van der Waals surface area contributed by atoms with Crippen molar-refractivity contribution in [2.45, 2.75) is 13.3 Å². The van der Waals surface area contributed by atoms with Gasteiger partial charge in [0.2, 0.25) is 0 Å². The van der Waals surface area contributed by atoms with Crippen LogP contribution in [-0.4, -0.2) is 44.9 Å². The SMILES string of the molecule is CC1(C(=O)O)CCN(C(=O)c2cc(Cl)ncc2[N+](=O)[O-])C1. The van der Waals surface area contributed by atoms with Crippen LogP contribution in [0.3, 0.4) is 0 Å². The molecule has 112 valence electrons. The Hall–Kier alpha value is -2.22. The number of aromatic nitrogens is 1. The Morgan fingerprint density at radius 1 is 1.57 bits per heavy atom. The van der Waals surface area contributed by atoms with Crippen LogP contribution in [0.25, 0.3) is 0 Å². The lowest BCUT2D eigenvalue weighted by molar-refractivity contribution is -0.385. The van der Waals surface area contributed by atoms with E-state index in [1.807, 2.05) is 0 Å². The van der Waals surface area contributed by atoms with Crippen LogP contribution >= 0.6 is 11.6 Å². The lowest BCUT2D eigenvalue weighted by atomic mass is 9.90. The number of amides is 1. The van der Waals surface area contributed by atoms with Gasteiger partial charge in [-0.2, -0.15) is 0 Å². The van der Waals surface area contributed by atoms with Crippen LogP contribution in [0.4, 0.5) is 5.69 Å². The van der Waals surface area contributed by atoms with Crippen LogP contribution < -0.4 is 0 Å². The number of halogens is 1. The highest BCUT2D eigenvalue weighted by atomic mass is 35.5. The van der Waals surface area contributed by atoms with Gasteiger partial charge in [-0.25, -0.2) is 4.98 Å². The molecule has 1 amide bonds. The smallest absolute Gasteiger partial charge is 0.311 e. The summed E-state index contributed by atoms with van der Waals surface area (Å²) in [6.45, 7) is 1.76. The monoisotopic (exact) mass is 313 g/mol. The van der Waals surface area contributed by atoms with Gasteiger partial charge in [0.15, 0.2) is 0 Å². The maximum absolute atomic E-state index is 12.4. The van der Waals surface area contributed by atoms with Gasteiger partial charge >= 0.3 is 5.97 Å². The van der Waals surface area contributed by atoms with Crippen LogP contribution in [-0.2, 0) is 4.79 Å². The Morgan fingerprint density at radius 3 is 2.76 bits per heavy atom. The van der Waals surface area contributed by atoms with Gasteiger partial charge in [0.25, 0.3) is 11.6 Å². The van der Waals surface area contributed by atoms with Crippen molar-refractivity contribution in [1.29, 1.82) is 0 Å². The standard InChI is InChI=1S/C12H12ClN3O5/c1-12(11(18)19)2-3-15(6-12)10(17)7-4-9(13)14-5-8(7)16(20)21/h4-5H,2-3,6H2,1H3,(H,18,19). The molecule has 2 heterocycles. The molecule has 1 fully saturated rings. The summed E-state index contributed by atoms with van der Waals surface area (Å²) in [6.07, 6.45) is 1.21. The number of carboxylic acids is 1. The molecule has 1 aliphatic heterocycles. The summed E-state index contributed by atoms with van der Waals surface area (Å²) in [7, 11) is 0. The summed E-state index contributed by atoms with van der Waals surface area (Å²) in [5, 5.41) is 20.1. The van der Waals surface area contributed by atoms with Gasteiger partial charge in [-0.05, 0) is 19.4 Å². The van der Waals surface area contributed by atoms with Crippen LogP contribution in [0, 0.1) is 15.5 Å². The second kappa shape index (κ2) is 5.28.